The Kier molecular flexibility index (Phi) is 73.2. The molecule has 0 radical (unpaired) electrons. The van der Waals surface area contributed by atoms with Gasteiger partial charge in [0.25, 0.3) is 23.9 Å². The van der Waals surface area contributed by atoms with Gasteiger partial charge in [0.1, 0.15) is 0 Å². The van der Waals surface area contributed by atoms with Crippen LogP contribution in [0.3, 0.4) is 0 Å². The molecule has 0 aliphatic heterocycles. The van der Waals surface area contributed by atoms with E-state index in [4.69, 9.17) is 0 Å². The molecule has 0 rings (SSSR count). The molecule has 0 aliphatic rings. The standard InChI is InChI=1S/4C12H24O3.Sn/c4*1-2-3-4-5-6-7-8-9-10-11-12(13)15-14;/h4*14H,2-11H2,1H3;/q;;;;+4/p-4. The van der Waals surface area contributed by atoms with E-state index in [0.29, 0.717) is 0 Å². The number of rotatable bonds is 40. The van der Waals surface area contributed by atoms with Gasteiger partial charge in [-0.25, -0.2) is 0 Å². The smallest absolute Gasteiger partial charge is 0.662 e. The van der Waals surface area contributed by atoms with E-state index in [0.717, 1.165) is 77.0 Å². The molecule has 0 unspecified atom stereocenters. The van der Waals surface area contributed by atoms with Gasteiger partial charge in [-0.2, -0.15) is 0 Å². The monoisotopic (exact) mass is 981 g/mol. The summed E-state index contributed by atoms with van der Waals surface area (Å²) >= 11 is 0. The third kappa shape index (κ3) is 73.2. The molecule has 0 heterocycles. The van der Waals surface area contributed by atoms with Crippen molar-refractivity contribution < 1.29 is 59.8 Å². The Balaban J connectivity index is -0.000000227. The predicted octanol–water partition coefficient (Wildman–Crippen LogP) is 10.5. The molecule has 0 aliphatic carbocycles. The van der Waals surface area contributed by atoms with Crippen molar-refractivity contribution >= 4 is 47.8 Å². The van der Waals surface area contributed by atoms with Gasteiger partial charge in [0.05, 0.1) is 0 Å². The van der Waals surface area contributed by atoms with Crippen LogP contribution in [0.1, 0.15) is 285 Å². The quantitative estimate of drug-likeness (QED) is 0.0244. The topological polar surface area (TPSA) is 197 Å². The van der Waals surface area contributed by atoms with Crippen molar-refractivity contribution in [3.63, 3.8) is 0 Å². The van der Waals surface area contributed by atoms with Crippen LogP contribution in [0, 0.1) is 0 Å². The SMILES string of the molecule is CCCCCCCCCCCC(=O)O[O-].CCCCCCCCCCCC(=O)O[O-].CCCCCCCCCCCC(=O)O[O-].CCCCCCCCCCCC(=O)O[O-].[Sn+4]. The summed E-state index contributed by atoms with van der Waals surface area (Å²) in [5, 5.41) is 38.6. The molecule has 0 aromatic carbocycles. The van der Waals surface area contributed by atoms with Crippen LogP contribution in [-0.2, 0) is 38.7 Å². The number of hydrogen-bond acceptors (Lipinski definition) is 12. The van der Waals surface area contributed by atoms with Gasteiger partial charge in [0.2, 0.25) is 0 Å². The minimum atomic E-state index is -0.627. The van der Waals surface area contributed by atoms with Gasteiger partial charge in [-0.05, 0) is 25.7 Å². The van der Waals surface area contributed by atoms with Gasteiger partial charge in [-0.3, -0.25) is 19.2 Å². The molecule has 0 atom stereocenters. The third-order valence-electron chi connectivity index (χ3n) is 10.3. The Bertz CT molecular complexity index is 727. The molecule has 12 nitrogen and oxygen atoms in total. The van der Waals surface area contributed by atoms with E-state index < -0.39 is 23.9 Å². The van der Waals surface area contributed by atoms with Crippen LogP contribution in [-0.4, -0.2) is 47.8 Å². The minimum Gasteiger partial charge on any atom is -0.662 e. The van der Waals surface area contributed by atoms with E-state index in [1.165, 1.54) is 154 Å². The molecule has 360 valence electrons. The van der Waals surface area contributed by atoms with Crippen molar-refractivity contribution in [3.05, 3.63) is 0 Å². The molecule has 0 saturated carbocycles. The summed E-state index contributed by atoms with van der Waals surface area (Å²) in [5.41, 5.74) is 0. The van der Waals surface area contributed by atoms with Gasteiger partial charge in [0.15, 0.2) is 0 Å². The van der Waals surface area contributed by atoms with Crippen LogP contribution in [0.25, 0.3) is 0 Å². The molecule has 0 aromatic heterocycles. The van der Waals surface area contributed by atoms with Crippen molar-refractivity contribution in [1.29, 1.82) is 0 Å². The first-order chi connectivity index (χ1) is 29.2. The maximum Gasteiger partial charge on any atom is 4.00 e. The van der Waals surface area contributed by atoms with Crippen LogP contribution >= 0.6 is 0 Å². The Labute approximate surface area is 390 Å². The minimum absolute atomic E-state index is 0. The zero-order chi connectivity index (χ0) is 45.4. The first-order valence-electron chi connectivity index (χ1n) is 24.5. The molecule has 0 amide bonds. The number of carbonyl (C=O) groups excluding carboxylic acids is 4. The molecule has 0 N–H and O–H groups in total. The molecule has 0 fully saturated rings. The summed E-state index contributed by atoms with van der Waals surface area (Å²) in [6, 6.07) is 0. The normalized spacial score (nSPS) is 10.1. The van der Waals surface area contributed by atoms with Gasteiger partial charge >= 0.3 is 23.9 Å². The Morgan fingerprint density at radius 3 is 0.475 bits per heavy atom. The van der Waals surface area contributed by atoms with Crippen LogP contribution in [0.15, 0.2) is 0 Å². The number of hydrogen-bond donors (Lipinski definition) is 0. The summed E-state index contributed by atoms with van der Waals surface area (Å²) in [5.74, 6) is -2.51. The summed E-state index contributed by atoms with van der Waals surface area (Å²) in [7, 11) is 0. The van der Waals surface area contributed by atoms with E-state index in [-0.39, 0.29) is 49.6 Å². The van der Waals surface area contributed by atoms with E-state index >= 15 is 0 Å². The average molecular weight is 980 g/mol. The molecule has 13 heteroatoms. The molecule has 0 saturated heterocycles. The van der Waals surface area contributed by atoms with Crippen molar-refractivity contribution in [2.75, 3.05) is 0 Å². The van der Waals surface area contributed by atoms with Crippen LogP contribution in [0.2, 0.25) is 0 Å². The fourth-order valence-electron chi connectivity index (χ4n) is 6.49. The summed E-state index contributed by atoms with van der Waals surface area (Å²) in [6.45, 7) is 8.87. The zero-order valence-electron chi connectivity index (χ0n) is 39.7. The van der Waals surface area contributed by atoms with E-state index in [1.807, 2.05) is 0 Å². The van der Waals surface area contributed by atoms with E-state index in [1.54, 1.807) is 0 Å². The fraction of sp³-hybridized carbons (Fsp3) is 0.917. The number of unbranched alkanes of at least 4 members (excludes halogenated alkanes) is 32. The summed E-state index contributed by atoms with van der Waals surface area (Å²) in [6.07, 6.45) is 44.4. The average Bonchev–Trinajstić information content (AvgIpc) is 3.27. The second-order valence-electron chi connectivity index (χ2n) is 16.1. The third-order valence-corrected chi connectivity index (χ3v) is 10.3. The fourth-order valence-corrected chi connectivity index (χ4v) is 6.49. The van der Waals surface area contributed by atoms with Crippen molar-refractivity contribution in [3.8, 4) is 0 Å². The van der Waals surface area contributed by atoms with E-state index in [9.17, 15) is 40.2 Å². The molecule has 0 spiro atoms. The maximum atomic E-state index is 10.5. The Hall–Kier alpha value is -1.48. The molecule has 0 bridgehead atoms. The summed E-state index contributed by atoms with van der Waals surface area (Å²) < 4.78 is 0. The Morgan fingerprint density at radius 1 is 0.246 bits per heavy atom. The van der Waals surface area contributed by atoms with Gasteiger partial charge in [-0.15, -0.1) is 0 Å². The predicted molar refractivity (Wildman–Crippen MR) is 237 cm³/mol. The Morgan fingerprint density at radius 2 is 0.361 bits per heavy atom. The second kappa shape index (κ2) is 65.1. The summed E-state index contributed by atoms with van der Waals surface area (Å²) in [4.78, 5) is 55.3. The molecular weight excluding hydrogens is 887 g/mol. The van der Waals surface area contributed by atoms with Gasteiger partial charge in [-0.1, -0.05) is 233 Å². The van der Waals surface area contributed by atoms with Crippen LogP contribution < -0.4 is 21.0 Å². The van der Waals surface area contributed by atoms with Crippen LogP contribution in [0.4, 0.5) is 0 Å². The first-order valence-corrected chi connectivity index (χ1v) is 24.5. The number of carbonyl (C=O) groups is 4. The second-order valence-corrected chi connectivity index (χ2v) is 16.1. The molecule has 0 aromatic rings. The zero-order valence-corrected chi connectivity index (χ0v) is 42.5. The van der Waals surface area contributed by atoms with Gasteiger partial charge in [0, 0.05) is 25.7 Å². The molecular formula is C48H92O12Sn. The van der Waals surface area contributed by atoms with Crippen molar-refractivity contribution in [2.24, 2.45) is 0 Å². The van der Waals surface area contributed by atoms with Gasteiger partial charge < -0.3 is 40.6 Å². The van der Waals surface area contributed by atoms with Crippen LogP contribution in [0.5, 0.6) is 0 Å². The van der Waals surface area contributed by atoms with Crippen molar-refractivity contribution in [2.45, 2.75) is 285 Å². The van der Waals surface area contributed by atoms with E-state index in [2.05, 4.69) is 47.2 Å². The maximum absolute atomic E-state index is 10.5. The largest absolute Gasteiger partial charge is 4.00 e. The van der Waals surface area contributed by atoms with Crippen molar-refractivity contribution in [1.82, 2.24) is 0 Å². The molecule has 61 heavy (non-hydrogen) atoms. The first kappa shape index (κ1) is 68.6.